The van der Waals surface area contributed by atoms with E-state index in [1.165, 1.54) is 18.5 Å². The SMILES string of the molecule is O=C1c2ccccc2C(c2ccc(N3CCCC3)cc2)=CC1NO. The number of benzene rings is 2. The molecule has 2 aromatic rings. The molecule has 0 saturated carbocycles. The maximum absolute atomic E-state index is 12.4. The van der Waals surface area contributed by atoms with E-state index < -0.39 is 6.04 Å². The summed E-state index contributed by atoms with van der Waals surface area (Å²) in [5, 5.41) is 9.32. The minimum atomic E-state index is -0.701. The number of fused-ring (bicyclic) bond motifs is 1. The van der Waals surface area contributed by atoms with Gasteiger partial charge in [-0.25, -0.2) is 0 Å². The minimum Gasteiger partial charge on any atom is -0.372 e. The summed E-state index contributed by atoms with van der Waals surface area (Å²) in [5.41, 5.74) is 6.95. The fourth-order valence-corrected chi connectivity index (χ4v) is 3.61. The molecule has 4 rings (SSSR count). The average Bonchev–Trinajstić information content (AvgIpc) is 3.17. The van der Waals surface area contributed by atoms with Gasteiger partial charge in [-0.2, -0.15) is 5.48 Å². The van der Waals surface area contributed by atoms with Crippen molar-refractivity contribution in [1.82, 2.24) is 5.48 Å². The molecular formula is C20H20N2O2. The van der Waals surface area contributed by atoms with E-state index >= 15 is 0 Å². The first kappa shape index (κ1) is 15.1. The lowest BCUT2D eigenvalue weighted by Crippen LogP contribution is -2.35. The smallest absolute Gasteiger partial charge is 0.186 e. The molecule has 0 radical (unpaired) electrons. The quantitative estimate of drug-likeness (QED) is 0.852. The van der Waals surface area contributed by atoms with E-state index in [1.54, 1.807) is 6.08 Å². The van der Waals surface area contributed by atoms with Gasteiger partial charge < -0.3 is 10.1 Å². The molecule has 1 aliphatic heterocycles. The molecular weight excluding hydrogens is 300 g/mol. The molecule has 122 valence electrons. The third-order valence-electron chi connectivity index (χ3n) is 4.89. The first-order valence-corrected chi connectivity index (χ1v) is 8.38. The maximum atomic E-state index is 12.4. The van der Waals surface area contributed by atoms with Gasteiger partial charge in [0.1, 0.15) is 6.04 Å². The number of hydrogen-bond donors (Lipinski definition) is 2. The highest BCUT2D eigenvalue weighted by atomic mass is 16.5. The Morgan fingerprint density at radius 2 is 1.62 bits per heavy atom. The number of hydrogen-bond acceptors (Lipinski definition) is 4. The zero-order chi connectivity index (χ0) is 16.5. The first-order valence-electron chi connectivity index (χ1n) is 8.38. The van der Waals surface area contributed by atoms with Crippen LogP contribution in [0, 0.1) is 0 Å². The zero-order valence-electron chi connectivity index (χ0n) is 13.4. The molecule has 1 heterocycles. The van der Waals surface area contributed by atoms with Crippen molar-refractivity contribution in [2.75, 3.05) is 18.0 Å². The van der Waals surface area contributed by atoms with Gasteiger partial charge in [-0.05, 0) is 47.8 Å². The van der Waals surface area contributed by atoms with E-state index in [0.717, 1.165) is 29.8 Å². The third-order valence-corrected chi connectivity index (χ3v) is 4.89. The van der Waals surface area contributed by atoms with Gasteiger partial charge in [0.05, 0.1) is 0 Å². The van der Waals surface area contributed by atoms with Gasteiger partial charge in [0.15, 0.2) is 5.78 Å². The summed E-state index contributed by atoms with van der Waals surface area (Å²) in [6.07, 6.45) is 4.31. The molecule has 2 N–H and O–H groups in total. The molecule has 2 aromatic carbocycles. The van der Waals surface area contributed by atoms with E-state index in [4.69, 9.17) is 0 Å². The van der Waals surface area contributed by atoms with E-state index in [9.17, 15) is 10.0 Å². The summed E-state index contributed by atoms with van der Waals surface area (Å²) in [5.74, 6) is -0.106. The Bertz CT molecular complexity index is 790. The number of ketones is 1. The van der Waals surface area contributed by atoms with Crippen LogP contribution in [-0.2, 0) is 0 Å². The summed E-state index contributed by atoms with van der Waals surface area (Å²) >= 11 is 0. The largest absolute Gasteiger partial charge is 0.372 e. The lowest BCUT2D eigenvalue weighted by molar-refractivity contribution is 0.0824. The summed E-state index contributed by atoms with van der Waals surface area (Å²) in [4.78, 5) is 14.8. The molecule has 1 saturated heterocycles. The number of nitrogens with one attached hydrogen (secondary N) is 1. The van der Waals surface area contributed by atoms with Crippen molar-refractivity contribution in [2.24, 2.45) is 0 Å². The van der Waals surface area contributed by atoms with Crippen LogP contribution in [0.3, 0.4) is 0 Å². The highest BCUT2D eigenvalue weighted by molar-refractivity contribution is 6.10. The molecule has 1 unspecified atom stereocenters. The number of carbonyl (C=O) groups is 1. The number of carbonyl (C=O) groups excluding carboxylic acids is 1. The highest BCUT2D eigenvalue weighted by Crippen LogP contribution is 2.33. The van der Waals surface area contributed by atoms with Crippen molar-refractivity contribution in [1.29, 1.82) is 0 Å². The summed E-state index contributed by atoms with van der Waals surface area (Å²) in [7, 11) is 0. The van der Waals surface area contributed by atoms with Gasteiger partial charge in [0.2, 0.25) is 0 Å². The summed E-state index contributed by atoms with van der Waals surface area (Å²) < 4.78 is 0. The Labute approximate surface area is 141 Å². The predicted molar refractivity (Wildman–Crippen MR) is 94.5 cm³/mol. The molecule has 0 amide bonds. The van der Waals surface area contributed by atoms with Crippen LogP contribution in [0.15, 0.2) is 54.6 Å². The van der Waals surface area contributed by atoms with E-state index in [-0.39, 0.29) is 5.78 Å². The van der Waals surface area contributed by atoms with Crippen molar-refractivity contribution in [3.8, 4) is 0 Å². The molecule has 1 atom stereocenters. The predicted octanol–water partition coefficient (Wildman–Crippen LogP) is 3.26. The van der Waals surface area contributed by atoms with Crippen molar-refractivity contribution < 1.29 is 10.0 Å². The zero-order valence-corrected chi connectivity index (χ0v) is 13.4. The van der Waals surface area contributed by atoms with Crippen LogP contribution in [0.25, 0.3) is 5.57 Å². The van der Waals surface area contributed by atoms with Crippen LogP contribution in [-0.4, -0.2) is 30.1 Å². The Kier molecular flexibility index (Phi) is 3.92. The van der Waals surface area contributed by atoms with Crippen molar-refractivity contribution in [3.05, 3.63) is 71.3 Å². The molecule has 24 heavy (non-hydrogen) atoms. The summed E-state index contributed by atoms with van der Waals surface area (Å²) in [6.45, 7) is 2.24. The summed E-state index contributed by atoms with van der Waals surface area (Å²) in [6, 6.07) is 15.3. The number of hydroxylamine groups is 1. The Balaban J connectivity index is 1.73. The molecule has 1 fully saturated rings. The van der Waals surface area contributed by atoms with Crippen molar-refractivity contribution >= 4 is 17.0 Å². The van der Waals surface area contributed by atoms with Crippen molar-refractivity contribution in [2.45, 2.75) is 18.9 Å². The van der Waals surface area contributed by atoms with Crippen LogP contribution in [0.1, 0.15) is 34.3 Å². The fourth-order valence-electron chi connectivity index (χ4n) is 3.61. The molecule has 0 bridgehead atoms. The fraction of sp³-hybridized carbons (Fsp3) is 0.250. The van der Waals surface area contributed by atoms with Gasteiger partial charge in [-0.3, -0.25) is 4.79 Å². The van der Waals surface area contributed by atoms with Crippen LogP contribution in [0.2, 0.25) is 0 Å². The Hall–Kier alpha value is -2.43. The monoisotopic (exact) mass is 320 g/mol. The molecule has 2 aliphatic rings. The van der Waals surface area contributed by atoms with Crippen LogP contribution in [0.4, 0.5) is 5.69 Å². The van der Waals surface area contributed by atoms with Gasteiger partial charge in [0, 0.05) is 24.3 Å². The van der Waals surface area contributed by atoms with Crippen molar-refractivity contribution in [3.63, 3.8) is 0 Å². The number of rotatable bonds is 3. The van der Waals surface area contributed by atoms with E-state index in [0.29, 0.717) is 5.56 Å². The van der Waals surface area contributed by atoms with Crippen LogP contribution >= 0.6 is 0 Å². The van der Waals surface area contributed by atoms with Gasteiger partial charge in [-0.15, -0.1) is 0 Å². The van der Waals surface area contributed by atoms with Crippen LogP contribution in [0.5, 0.6) is 0 Å². The molecule has 0 spiro atoms. The van der Waals surface area contributed by atoms with Gasteiger partial charge in [-0.1, -0.05) is 36.4 Å². The lowest BCUT2D eigenvalue weighted by atomic mass is 9.84. The standard InChI is InChI=1S/C20H20N2O2/c23-20-17-6-2-1-5-16(17)18(13-19(20)21-24)14-7-9-15(10-8-14)22-11-3-4-12-22/h1-2,5-10,13,19,21,24H,3-4,11-12H2. The molecule has 0 aromatic heterocycles. The number of nitrogens with zero attached hydrogens (tertiary/aromatic N) is 1. The molecule has 1 aliphatic carbocycles. The molecule has 4 nitrogen and oxygen atoms in total. The van der Waals surface area contributed by atoms with Crippen LogP contribution < -0.4 is 10.4 Å². The minimum absolute atomic E-state index is 0.106. The number of Topliss-reactive ketones (excluding diaryl/α,β-unsaturated/α-hetero) is 1. The second kappa shape index (κ2) is 6.23. The second-order valence-corrected chi connectivity index (χ2v) is 6.34. The Morgan fingerprint density at radius 3 is 2.29 bits per heavy atom. The van der Waals surface area contributed by atoms with Gasteiger partial charge >= 0.3 is 0 Å². The van der Waals surface area contributed by atoms with E-state index in [2.05, 4.69) is 34.6 Å². The third kappa shape index (κ3) is 2.54. The lowest BCUT2D eigenvalue weighted by Gasteiger charge is -2.23. The Morgan fingerprint density at radius 1 is 0.958 bits per heavy atom. The number of anilines is 1. The van der Waals surface area contributed by atoms with E-state index in [1.807, 2.05) is 24.3 Å². The topological polar surface area (TPSA) is 52.6 Å². The first-order chi connectivity index (χ1) is 11.8. The molecule has 4 heteroatoms. The average molecular weight is 320 g/mol. The maximum Gasteiger partial charge on any atom is 0.186 e. The normalized spacial score (nSPS) is 20.0. The second-order valence-electron chi connectivity index (χ2n) is 6.34. The highest BCUT2D eigenvalue weighted by Gasteiger charge is 2.27. The van der Waals surface area contributed by atoms with Gasteiger partial charge in [0.25, 0.3) is 0 Å².